The standard InChI is InChI=1S/C17H19F3N2O2/c1-21-13-7-2-3-8-14(13)22(10-15(21)23)16(24)11-5-4-6-12(9-11)17(18,19)20/h2-3,7-8,11-12H,4-6,9-10H2,1H3/t11-,12+/m0/s1. The molecule has 1 heterocycles. The smallest absolute Gasteiger partial charge is 0.312 e. The first-order chi connectivity index (χ1) is 11.3. The van der Waals surface area contributed by atoms with Crippen LogP contribution in [0.25, 0.3) is 0 Å². The average molecular weight is 340 g/mol. The van der Waals surface area contributed by atoms with Crippen molar-refractivity contribution in [3.63, 3.8) is 0 Å². The molecule has 1 aromatic carbocycles. The molecule has 0 spiro atoms. The number of benzene rings is 1. The highest BCUT2D eigenvalue weighted by Crippen LogP contribution is 2.42. The van der Waals surface area contributed by atoms with Gasteiger partial charge in [0.25, 0.3) is 0 Å². The van der Waals surface area contributed by atoms with Crippen molar-refractivity contribution in [1.82, 2.24) is 0 Å². The van der Waals surface area contributed by atoms with Gasteiger partial charge in [0.1, 0.15) is 6.54 Å². The monoisotopic (exact) mass is 340 g/mol. The Bertz CT molecular complexity index is 659. The van der Waals surface area contributed by atoms with Gasteiger partial charge in [-0.2, -0.15) is 13.2 Å². The van der Waals surface area contributed by atoms with Gasteiger partial charge < -0.3 is 9.80 Å². The molecule has 1 aromatic rings. The van der Waals surface area contributed by atoms with Gasteiger partial charge in [-0.15, -0.1) is 0 Å². The maximum atomic E-state index is 13.0. The first-order valence-electron chi connectivity index (χ1n) is 8.02. The Morgan fingerprint density at radius 2 is 1.83 bits per heavy atom. The molecule has 0 unspecified atom stereocenters. The second-order valence-corrected chi connectivity index (χ2v) is 6.47. The van der Waals surface area contributed by atoms with Gasteiger partial charge >= 0.3 is 6.18 Å². The Kier molecular flexibility index (Phi) is 4.27. The van der Waals surface area contributed by atoms with Crippen LogP contribution in [-0.4, -0.2) is 31.6 Å². The quantitative estimate of drug-likeness (QED) is 0.786. The molecule has 130 valence electrons. The maximum absolute atomic E-state index is 13.0. The van der Waals surface area contributed by atoms with Crippen LogP contribution in [0.5, 0.6) is 0 Å². The molecule has 24 heavy (non-hydrogen) atoms. The fourth-order valence-corrected chi connectivity index (χ4v) is 3.57. The molecule has 0 radical (unpaired) electrons. The van der Waals surface area contributed by atoms with Crippen molar-refractivity contribution in [3.8, 4) is 0 Å². The maximum Gasteiger partial charge on any atom is 0.391 e. The van der Waals surface area contributed by atoms with Crippen LogP contribution in [0, 0.1) is 11.8 Å². The number of hydrogen-bond acceptors (Lipinski definition) is 2. The fourth-order valence-electron chi connectivity index (χ4n) is 3.57. The first kappa shape index (κ1) is 16.8. The fraction of sp³-hybridized carbons (Fsp3) is 0.529. The molecule has 1 aliphatic carbocycles. The van der Waals surface area contributed by atoms with E-state index in [0.29, 0.717) is 24.2 Å². The molecule has 7 heteroatoms. The summed E-state index contributed by atoms with van der Waals surface area (Å²) in [5.74, 6) is -2.74. The average Bonchev–Trinajstić information content (AvgIpc) is 2.57. The van der Waals surface area contributed by atoms with Crippen molar-refractivity contribution in [1.29, 1.82) is 0 Å². The van der Waals surface area contributed by atoms with Crippen molar-refractivity contribution in [3.05, 3.63) is 24.3 Å². The van der Waals surface area contributed by atoms with Crippen LogP contribution >= 0.6 is 0 Å². The number of hydrogen-bond donors (Lipinski definition) is 0. The van der Waals surface area contributed by atoms with E-state index >= 15 is 0 Å². The predicted octanol–water partition coefficient (Wildman–Crippen LogP) is 3.36. The van der Waals surface area contributed by atoms with Crippen molar-refractivity contribution in [2.75, 3.05) is 23.4 Å². The minimum atomic E-state index is -4.27. The summed E-state index contributed by atoms with van der Waals surface area (Å²) in [5, 5.41) is 0. The van der Waals surface area contributed by atoms with Gasteiger partial charge in [-0.1, -0.05) is 18.6 Å². The molecule has 2 amide bonds. The van der Waals surface area contributed by atoms with E-state index in [4.69, 9.17) is 0 Å². The lowest BCUT2D eigenvalue weighted by Crippen LogP contribution is -2.49. The minimum absolute atomic E-state index is 0.0749. The number of halogens is 3. The molecule has 2 aliphatic rings. The number of carbonyl (C=O) groups excluding carboxylic acids is 2. The van der Waals surface area contributed by atoms with Crippen molar-refractivity contribution < 1.29 is 22.8 Å². The van der Waals surface area contributed by atoms with E-state index in [1.807, 2.05) is 0 Å². The molecule has 0 bridgehead atoms. The second-order valence-electron chi connectivity index (χ2n) is 6.47. The first-order valence-corrected chi connectivity index (χ1v) is 8.02. The third-order valence-corrected chi connectivity index (χ3v) is 4.95. The topological polar surface area (TPSA) is 40.6 Å². The van der Waals surface area contributed by atoms with Crippen LogP contribution in [0.2, 0.25) is 0 Å². The molecule has 2 atom stereocenters. The highest BCUT2D eigenvalue weighted by Gasteiger charge is 2.45. The summed E-state index contributed by atoms with van der Waals surface area (Å²) in [7, 11) is 1.63. The number of nitrogens with zero attached hydrogens (tertiary/aromatic N) is 2. The van der Waals surface area contributed by atoms with Crippen molar-refractivity contribution in [2.24, 2.45) is 11.8 Å². The minimum Gasteiger partial charge on any atom is -0.312 e. The number of carbonyl (C=O) groups is 2. The van der Waals surface area contributed by atoms with E-state index in [2.05, 4.69) is 0 Å². The molecule has 1 aliphatic heterocycles. The molecule has 1 saturated carbocycles. The number of fused-ring (bicyclic) bond motifs is 1. The number of anilines is 2. The van der Waals surface area contributed by atoms with Crippen molar-refractivity contribution in [2.45, 2.75) is 31.9 Å². The Morgan fingerprint density at radius 3 is 2.50 bits per heavy atom. The predicted molar refractivity (Wildman–Crippen MR) is 83.7 cm³/mol. The summed E-state index contributed by atoms with van der Waals surface area (Å²) in [6.07, 6.45) is -3.57. The molecule has 0 saturated heterocycles. The summed E-state index contributed by atoms with van der Waals surface area (Å²) in [5.41, 5.74) is 1.18. The molecule has 4 nitrogen and oxygen atoms in total. The highest BCUT2D eigenvalue weighted by molar-refractivity contribution is 6.11. The van der Waals surface area contributed by atoms with E-state index < -0.39 is 18.0 Å². The van der Waals surface area contributed by atoms with E-state index in [-0.39, 0.29) is 31.2 Å². The summed E-state index contributed by atoms with van der Waals surface area (Å²) < 4.78 is 39.0. The van der Waals surface area contributed by atoms with Gasteiger partial charge in [0.15, 0.2) is 0 Å². The van der Waals surface area contributed by atoms with Gasteiger partial charge in [-0.25, -0.2) is 0 Å². The van der Waals surface area contributed by atoms with Crippen molar-refractivity contribution >= 4 is 23.2 Å². The summed E-state index contributed by atoms with van der Waals surface area (Å²) in [6.45, 7) is -0.125. The Morgan fingerprint density at radius 1 is 1.17 bits per heavy atom. The zero-order valence-corrected chi connectivity index (χ0v) is 13.3. The third kappa shape index (κ3) is 2.99. The summed E-state index contributed by atoms with van der Waals surface area (Å²) >= 11 is 0. The van der Waals surface area contributed by atoms with E-state index in [1.54, 1.807) is 31.3 Å². The lowest BCUT2D eigenvalue weighted by Gasteiger charge is -2.37. The summed E-state index contributed by atoms with van der Waals surface area (Å²) in [4.78, 5) is 27.8. The van der Waals surface area contributed by atoms with Crippen LogP contribution in [0.4, 0.5) is 24.5 Å². The number of likely N-dealkylation sites (N-methyl/N-ethyl adjacent to an activating group) is 1. The van der Waals surface area contributed by atoms with Crippen LogP contribution < -0.4 is 9.80 Å². The lowest BCUT2D eigenvalue weighted by atomic mass is 9.80. The largest absolute Gasteiger partial charge is 0.391 e. The van der Waals surface area contributed by atoms with Crippen LogP contribution in [0.15, 0.2) is 24.3 Å². The number of amides is 2. The molecule has 0 N–H and O–H groups in total. The van der Waals surface area contributed by atoms with E-state index in [1.165, 1.54) is 9.80 Å². The van der Waals surface area contributed by atoms with E-state index in [0.717, 1.165) is 0 Å². The normalized spacial score (nSPS) is 24.8. The Labute approximate surface area is 138 Å². The van der Waals surface area contributed by atoms with Gasteiger partial charge in [0, 0.05) is 13.0 Å². The number of alkyl halides is 3. The van der Waals surface area contributed by atoms with Crippen LogP contribution in [0.3, 0.4) is 0 Å². The van der Waals surface area contributed by atoms with Crippen LogP contribution in [0.1, 0.15) is 25.7 Å². The lowest BCUT2D eigenvalue weighted by molar-refractivity contribution is -0.186. The highest BCUT2D eigenvalue weighted by atomic mass is 19.4. The molecule has 3 rings (SSSR count). The molecular weight excluding hydrogens is 321 g/mol. The van der Waals surface area contributed by atoms with Gasteiger partial charge in [-0.3, -0.25) is 9.59 Å². The molecule has 1 fully saturated rings. The zero-order chi connectivity index (χ0) is 17.5. The zero-order valence-electron chi connectivity index (χ0n) is 13.3. The Balaban J connectivity index is 1.85. The van der Waals surface area contributed by atoms with E-state index in [9.17, 15) is 22.8 Å². The summed E-state index contributed by atoms with van der Waals surface area (Å²) in [6, 6.07) is 6.96. The van der Waals surface area contributed by atoms with Gasteiger partial charge in [0.05, 0.1) is 17.3 Å². The molecule has 0 aromatic heterocycles. The molecular formula is C17H19F3N2O2. The number of rotatable bonds is 1. The number of para-hydroxylation sites is 2. The Hall–Kier alpha value is -2.05. The second kappa shape index (κ2) is 6.11. The van der Waals surface area contributed by atoms with Gasteiger partial charge in [0.2, 0.25) is 11.8 Å². The SMILES string of the molecule is CN1C(=O)CN(C(=O)[C@H]2CCC[C@@H](C(F)(F)F)C2)c2ccccc21. The third-order valence-electron chi connectivity index (χ3n) is 4.95. The van der Waals surface area contributed by atoms with Gasteiger partial charge in [-0.05, 0) is 31.4 Å². The van der Waals surface area contributed by atoms with Crippen LogP contribution in [-0.2, 0) is 9.59 Å².